The molecular formula is C14H6ClF4N5. The zero-order valence-electron chi connectivity index (χ0n) is 11.6. The second-order valence-corrected chi connectivity index (χ2v) is 5.43. The minimum Gasteiger partial charge on any atom is -0.276 e. The van der Waals surface area contributed by atoms with Crippen LogP contribution in [-0.4, -0.2) is 24.7 Å². The first kappa shape index (κ1) is 14.9. The standard InChI is InChI=1S/C14H6ClF4N5/c15-9-3-8(1-6-4-21-23-11(6)9)24-12-10(2-7(16)5-20-12)22-13(24)14(17,18)19/h1-5H,(H,21,23). The summed E-state index contributed by atoms with van der Waals surface area (Å²) in [5, 5.41) is 7.18. The highest BCUT2D eigenvalue weighted by Gasteiger charge is 2.38. The van der Waals surface area contributed by atoms with Crippen molar-refractivity contribution in [1.82, 2.24) is 24.7 Å². The van der Waals surface area contributed by atoms with Gasteiger partial charge in [0.1, 0.15) is 11.3 Å². The van der Waals surface area contributed by atoms with Crippen LogP contribution in [0.2, 0.25) is 5.02 Å². The summed E-state index contributed by atoms with van der Waals surface area (Å²) in [7, 11) is 0. The number of imidazole rings is 1. The van der Waals surface area contributed by atoms with Crippen LogP contribution in [0.25, 0.3) is 27.8 Å². The first-order valence-electron chi connectivity index (χ1n) is 6.59. The molecule has 1 aromatic carbocycles. The molecule has 3 aromatic heterocycles. The van der Waals surface area contributed by atoms with E-state index in [0.717, 1.165) is 16.8 Å². The van der Waals surface area contributed by atoms with Crippen LogP contribution in [0.1, 0.15) is 5.82 Å². The summed E-state index contributed by atoms with van der Waals surface area (Å²) in [4.78, 5) is 7.24. The third-order valence-corrected chi connectivity index (χ3v) is 3.76. The SMILES string of the molecule is Fc1cnc2c(c1)nc(C(F)(F)F)n2-c1cc(Cl)c2[nH]ncc2c1. The van der Waals surface area contributed by atoms with Crippen molar-refractivity contribution in [2.24, 2.45) is 0 Å². The van der Waals surface area contributed by atoms with Gasteiger partial charge in [-0.25, -0.2) is 14.4 Å². The Balaban J connectivity index is 2.10. The van der Waals surface area contributed by atoms with Gasteiger partial charge in [-0.3, -0.25) is 9.67 Å². The van der Waals surface area contributed by atoms with Gasteiger partial charge in [-0.05, 0) is 12.1 Å². The minimum atomic E-state index is -4.75. The lowest BCUT2D eigenvalue weighted by Gasteiger charge is -2.11. The van der Waals surface area contributed by atoms with Gasteiger partial charge in [0.25, 0.3) is 0 Å². The van der Waals surface area contributed by atoms with Gasteiger partial charge in [0.2, 0.25) is 5.82 Å². The number of alkyl halides is 3. The minimum absolute atomic E-state index is 0.0998. The van der Waals surface area contributed by atoms with Gasteiger partial charge in [-0.1, -0.05) is 11.6 Å². The molecule has 0 saturated heterocycles. The lowest BCUT2D eigenvalue weighted by Crippen LogP contribution is -2.14. The summed E-state index contributed by atoms with van der Waals surface area (Å²) >= 11 is 6.10. The molecule has 0 aliphatic rings. The van der Waals surface area contributed by atoms with Crippen LogP contribution in [0, 0.1) is 5.82 Å². The van der Waals surface area contributed by atoms with Gasteiger partial charge in [0.05, 0.1) is 28.6 Å². The fourth-order valence-electron chi connectivity index (χ4n) is 2.50. The summed E-state index contributed by atoms with van der Waals surface area (Å²) in [6.07, 6.45) is -2.49. The Morgan fingerprint density at radius 3 is 2.67 bits per heavy atom. The number of nitrogens with one attached hydrogen (secondary N) is 1. The maximum absolute atomic E-state index is 13.4. The molecule has 1 N–H and O–H groups in total. The average molecular weight is 356 g/mol. The number of H-pyrrole nitrogens is 1. The number of benzene rings is 1. The van der Waals surface area contributed by atoms with Crippen molar-refractivity contribution in [3.63, 3.8) is 0 Å². The van der Waals surface area contributed by atoms with Gasteiger partial charge >= 0.3 is 6.18 Å². The van der Waals surface area contributed by atoms with E-state index in [1.807, 2.05) is 0 Å². The predicted octanol–water partition coefficient (Wildman–Crippen LogP) is 4.11. The molecule has 0 amide bonds. The zero-order chi connectivity index (χ0) is 17.1. The maximum atomic E-state index is 13.4. The van der Waals surface area contributed by atoms with Crippen LogP contribution in [0.3, 0.4) is 0 Å². The van der Waals surface area contributed by atoms with Crippen LogP contribution in [0.15, 0.2) is 30.6 Å². The molecule has 0 spiro atoms. The Morgan fingerprint density at radius 1 is 1.12 bits per heavy atom. The summed E-state index contributed by atoms with van der Waals surface area (Å²) < 4.78 is 54.2. The number of halogens is 5. The van der Waals surface area contributed by atoms with E-state index >= 15 is 0 Å². The molecule has 5 nitrogen and oxygen atoms in total. The van der Waals surface area contributed by atoms with Crippen molar-refractivity contribution in [1.29, 1.82) is 0 Å². The third kappa shape index (κ3) is 2.20. The fraction of sp³-hybridized carbons (Fsp3) is 0.0714. The molecule has 0 unspecified atom stereocenters. The lowest BCUT2D eigenvalue weighted by molar-refractivity contribution is -0.145. The molecule has 24 heavy (non-hydrogen) atoms. The molecule has 0 fully saturated rings. The molecule has 3 heterocycles. The number of nitrogens with zero attached hydrogens (tertiary/aromatic N) is 4. The number of rotatable bonds is 1. The number of pyridine rings is 1. The van der Waals surface area contributed by atoms with Crippen LogP contribution in [0.5, 0.6) is 0 Å². The van der Waals surface area contributed by atoms with Gasteiger partial charge in [-0.15, -0.1) is 0 Å². The van der Waals surface area contributed by atoms with Crippen molar-refractivity contribution in [2.45, 2.75) is 6.18 Å². The molecule has 122 valence electrons. The quantitative estimate of drug-likeness (QED) is 0.523. The van der Waals surface area contributed by atoms with E-state index in [1.54, 1.807) is 0 Å². The van der Waals surface area contributed by atoms with E-state index in [4.69, 9.17) is 11.6 Å². The highest BCUT2D eigenvalue weighted by molar-refractivity contribution is 6.35. The predicted molar refractivity (Wildman–Crippen MR) is 78.5 cm³/mol. The largest absolute Gasteiger partial charge is 0.450 e. The highest BCUT2D eigenvalue weighted by atomic mass is 35.5. The van der Waals surface area contributed by atoms with Crippen molar-refractivity contribution in [2.75, 3.05) is 0 Å². The molecule has 4 aromatic rings. The second kappa shape index (κ2) is 4.91. The number of fused-ring (bicyclic) bond motifs is 2. The third-order valence-electron chi connectivity index (χ3n) is 3.46. The summed E-state index contributed by atoms with van der Waals surface area (Å²) in [5.74, 6) is -1.99. The number of aromatic amines is 1. The number of hydrogen-bond acceptors (Lipinski definition) is 3. The Hall–Kier alpha value is -2.68. The first-order chi connectivity index (χ1) is 11.3. The van der Waals surface area contributed by atoms with E-state index in [2.05, 4.69) is 20.2 Å². The summed E-state index contributed by atoms with van der Waals surface area (Å²) in [6, 6.07) is 3.70. The molecule has 0 atom stereocenters. The van der Waals surface area contributed by atoms with Gasteiger partial charge in [0, 0.05) is 11.5 Å². The van der Waals surface area contributed by atoms with Crippen LogP contribution in [-0.2, 0) is 6.18 Å². The lowest BCUT2D eigenvalue weighted by atomic mass is 10.2. The summed E-state index contributed by atoms with van der Waals surface area (Å²) in [5.41, 5.74) is 0.272. The molecule has 0 saturated carbocycles. The Morgan fingerprint density at radius 2 is 1.92 bits per heavy atom. The van der Waals surface area contributed by atoms with E-state index in [9.17, 15) is 17.6 Å². The fourth-order valence-corrected chi connectivity index (χ4v) is 2.77. The van der Waals surface area contributed by atoms with Crippen LogP contribution < -0.4 is 0 Å². The van der Waals surface area contributed by atoms with Crippen molar-refractivity contribution < 1.29 is 17.6 Å². The molecule has 4 rings (SSSR count). The molecule has 0 aliphatic carbocycles. The van der Waals surface area contributed by atoms with Gasteiger partial charge in [-0.2, -0.15) is 18.3 Å². The van der Waals surface area contributed by atoms with E-state index in [0.29, 0.717) is 10.9 Å². The van der Waals surface area contributed by atoms with E-state index < -0.39 is 17.8 Å². The van der Waals surface area contributed by atoms with E-state index in [1.165, 1.54) is 18.3 Å². The molecular weight excluding hydrogens is 350 g/mol. The van der Waals surface area contributed by atoms with E-state index in [-0.39, 0.29) is 21.9 Å². The maximum Gasteiger partial charge on any atom is 0.450 e. The number of aromatic nitrogens is 5. The molecule has 0 aliphatic heterocycles. The smallest absolute Gasteiger partial charge is 0.276 e. The average Bonchev–Trinajstić information content (AvgIpc) is 3.09. The van der Waals surface area contributed by atoms with Crippen molar-refractivity contribution >= 4 is 33.7 Å². The Bertz CT molecular complexity index is 1080. The van der Waals surface area contributed by atoms with Crippen molar-refractivity contribution in [3.05, 3.63) is 47.3 Å². The molecule has 0 bridgehead atoms. The molecule has 0 radical (unpaired) electrons. The monoisotopic (exact) mass is 355 g/mol. The van der Waals surface area contributed by atoms with Gasteiger partial charge < -0.3 is 0 Å². The normalized spacial score (nSPS) is 12.4. The highest BCUT2D eigenvalue weighted by Crippen LogP contribution is 2.35. The summed E-state index contributed by atoms with van der Waals surface area (Å²) in [6.45, 7) is 0. The van der Waals surface area contributed by atoms with Gasteiger partial charge in [0.15, 0.2) is 5.65 Å². The van der Waals surface area contributed by atoms with Crippen LogP contribution in [0.4, 0.5) is 17.6 Å². The first-order valence-corrected chi connectivity index (χ1v) is 6.96. The zero-order valence-corrected chi connectivity index (χ0v) is 12.3. The van der Waals surface area contributed by atoms with Crippen molar-refractivity contribution in [3.8, 4) is 5.69 Å². The Labute approximate surface area is 135 Å². The Kier molecular flexibility index (Phi) is 3.04. The number of hydrogen-bond donors (Lipinski definition) is 1. The second-order valence-electron chi connectivity index (χ2n) is 5.03. The molecule has 10 heteroatoms. The van der Waals surface area contributed by atoms with Crippen LogP contribution >= 0.6 is 11.6 Å². The topological polar surface area (TPSA) is 59.4 Å².